The number of anilines is 3. The highest BCUT2D eigenvalue weighted by molar-refractivity contribution is 6.34. The summed E-state index contributed by atoms with van der Waals surface area (Å²) in [6.07, 6.45) is 6.73. The second-order valence-electron chi connectivity index (χ2n) is 16.0. The quantitative estimate of drug-likeness (QED) is 0.192. The number of hydrogen-bond acceptors (Lipinski definition) is 11. The molecule has 5 aliphatic heterocycles. The minimum Gasteiger partial charge on any atom is -0.378 e. The molecule has 5 fully saturated rings. The van der Waals surface area contributed by atoms with E-state index in [-0.39, 0.29) is 60.3 Å². The van der Waals surface area contributed by atoms with Crippen LogP contribution in [0.5, 0.6) is 0 Å². The van der Waals surface area contributed by atoms with E-state index in [9.17, 15) is 28.0 Å². The maximum Gasteiger partial charge on any atom is 0.328 e. The fraction of sp³-hybridized carbons (Fsp3) is 0.525. The van der Waals surface area contributed by atoms with E-state index < -0.39 is 24.1 Å². The second-order valence-corrected chi connectivity index (χ2v) is 16.4. The molecule has 5 amide bonds. The first-order valence-electron chi connectivity index (χ1n) is 20.5. The summed E-state index contributed by atoms with van der Waals surface area (Å²) in [7, 11) is 0. The average Bonchev–Trinajstić information content (AvgIpc) is 4.08. The van der Waals surface area contributed by atoms with Gasteiger partial charge in [0.1, 0.15) is 11.4 Å². The summed E-state index contributed by atoms with van der Waals surface area (Å²) in [5.74, 6) is -0.365. The number of likely N-dealkylation sites (tertiary alicyclic amines) is 2. The number of aromatic nitrogens is 5. The molecule has 2 bridgehead atoms. The van der Waals surface area contributed by atoms with Crippen molar-refractivity contribution in [2.45, 2.75) is 75.7 Å². The number of ether oxygens (including phenoxy) is 2. The lowest BCUT2D eigenvalue weighted by molar-refractivity contribution is -0.120. The van der Waals surface area contributed by atoms with Crippen LogP contribution in [0.15, 0.2) is 42.9 Å². The molecule has 60 heavy (non-hydrogen) atoms. The van der Waals surface area contributed by atoms with Crippen LogP contribution in [0.3, 0.4) is 0 Å². The largest absolute Gasteiger partial charge is 0.378 e. The van der Waals surface area contributed by atoms with Crippen molar-refractivity contribution in [2.24, 2.45) is 0 Å². The standard InChI is InChI=1S/C40H46ClF2N11O6/c41-30-3-2-24(18-32(30)51-15-9-34(55)47-40(51)58)39(57)50-13-6-27(7-14-50)59-17-1-10-49-11-4-25(5-12-49)54-22-31(35(48-54)36(42)43)45-38(56)29-20-44-53-16-8-33(46-37(29)53)52-21-28-19-26(52)23-60-28/h2-3,8,16,18,20,22,25-28,36H,1,4-7,9-15,17,19,21,23H2,(H,45,56)(H,47,55,58)/t26-,28-/m1/s1. The number of amides is 5. The van der Waals surface area contributed by atoms with Crippen molar-refractivity contribution >= 4 is 58.2 Å². The van der Waals surface area contributed by atoms with Crippen LogP contribution in [0.4, 0.5) is 30.8 Å². The number of fused-ring (bicyclic) bond motifs is 3. The van der Waals surface area contributed by atoms with E-state index in [2.05, 4.69) is 30.6 Å². The molecule has 0 aliphatic carbocycles. The normalized spacial score (nSPS) is 21.8. The molecule has 0 spiro atoms. The smallest absolute Gasteiger partial charge is 0.328 e. The minimum absolute atomic E-state index is 0.0311. The number of imide groups is 1. The van der Waals surface area contributed by atoms with Gasteiger partial charge in [-0.25, -0.2) is 23.1 Å². The monoisotopic (exact) mass is 849 g/mol. The van der Waals surface area contributed by atoms with E-state index in [1.165, 1.54) is 21.8 Å². The fourth-order valence-electron chi connectivity index (χ4n) is 8.90. The molecule has 5 aliphatic rings. The molecule has 318 valence electrons. The molecule has 3 aromatic heterocycles. The molecule has 8 heterocycles. The number of nitrogens with zero attached hydrogens (tertiary/aromatic N) is 9. The van der Waals surface area contributed by atoms with Crippen LogP contribution >= 0.6 is 11.6 Å². The summed E-state index contributed by atoms with van der Waals surface area (Å²) in [6.45, 7) is 5.57. The number of carbonyl (C=O) groups excluding carboxylic acids is 4. The lowest BCUT2D eigenvalue weighted by Crippen LogP contribution is -2.49. The first-order chi connectivity index (χ1) is 29.1. The Labute approximate surface area is 348 Å². The van der Waals surface area contributed by atoms with Gasteiger partial charge in [0.15, 0.2) is 11.3 Å². The van der Waals surface area contributed by atoms with E-state index in [0.29, 0.717) is 61.1 Å². The van der Waals surface area contributed by atoms with E-state index in [4.69, 9.17) is 26.1 Å². The van der Waals surface area contributed by atoms with Crippen molar-refractivity contribution in [1.29, 1.82) is 0 Å². The number of piperidine rings is 2. The Morgan fingerprint density at radius 1 is 1.05 bits per heavy atom. The molecule has 20 heteroatoms. The van der Waals surface area contributed by atoms with Crippen molar-refractivity contribution < 1.29 is 37.4 Å². The zero-order chi connectivity index (χ0) is 41.5. The Morgan fingerprint density at radius 3 is 2.60 bits per heavy atom. The van der Waals surface area contributed by atoms with Gasteiger partial charge < -0.3 is 29.5 Å². The van der Waals surface area contributed by atoms with Crippen LogP contribution in [0, 0.1) is 0 Å². The number of carbonyl (C=O) groups is 4. The molecular weight excluding hydrogens is 804 g/mol. The predicted octanol–water partition coefficient (Wildman–Crippen LogP) is 4.54. The Morgan fingerprint density at radius 2 is 1.87 bits per heavy atom. The lowest BCUT2D eigenvalue weighted by Gasteiger charge is -2.33. The second kappa shape index (κ2) is 17.0. The number of urea groups is 1. The minimum atomic E-state index is -2.88. The number of nitrogens with one attached hydrogen (secondary N) is 2. The highest BCUT2D eigenvalue weighted by Crippen LogP contribution is 2.34. The third-order valence-electron chi connectivity index (χ3n) is 12.2. The zero-order valence-electron chi connectivity index (χ0n) is 32.9. The van der Waals surface area contributed by atoms with Crippen molar-refractivity contribution in [1.82, 2.24) is 39.5 Å². The molecule has 2 N–H and O–H groups in total. The SMILES string of the molecule is O=C1CCN(c2cc(C(=O)N3CCC(OCCCN4CCC(n5cc(NC(=O)c6cnn7ccc(N8C[C@H]9C[C@@H]8CO9)nc67)c(C(F)F)n5)CC4)CC3)ccc2Cl)C(=O)N1. The first-order valence-corrected chi connectivity index (χ1v) is 20.9. The van der Waals surface area contributed by atoms with Crippen molar-refractivity contribution in [3.05, 3.63) is 64.7 Å². The highest BCUT2D eigenvalue weighted by atomic mass is 35.5. The molecule has 0 saturated carbocycles. The van der Waals surface area contributed by atoms with Gasteiger partial charge in [-0.1, -0.05) is 11.6 Å². The Bertz CT molecular complexity index is 2270. The summed E-state index contributed by atoms with van der Waals surface area (Å²) in [4.78, 5) is 63.2. The Kier molecular flexibility index (Phi) is 11.4. The van der Waals surface area contributed by atoms with Gasteiger partial charge in [-0.05, 0) is 62.8 Å². The van der Waals surface area contributed by atoms with Crippen LogP contribution in [0.1, 0.15) is 83.8 Å². The van der Waals surface area contributed by atoms with Gasteiger partial charge in [0.2, 0.25) is 5.91 Å². The number of halogens is 3. The van der Waals surface area contributed by atoms with E-state index in [0.717, 1.165) is 57.7 Å². The maximum absolute atomic E-state index is 14.2. The first kappa shape index (κ1) is 40.2. The van der Waals surface area contributed by atoms with Gasteiger partial charge in [0.05, 0.1) is 53.5 Å². The van der Waals surface area contributed by atoms with E-state index in [1.54, 1.807) is 34.0 Å². The number of hydrogen-bond donors (Lipinski definition) is 2. The van der Waals surface area contributed by atoms with Crippen molar-refractivity contribution in [3.8, 4) is 0 Å². The molecule has 0 radical (unpaired) electrons. The summed E-state index contributed by atoms with van der Waals surface area (Å²) >= 11 is 6.36. The third-order valence-corrected chi connectivity index (χ3v) is 12.5. The molecule has 2 atom stereocenters. The zero-order valence-corrected chi connectivity index (χ0v) is 33.6. The van der Waals surface area contributed by atoms with Crippen LogP contribution < -0.4 is 20.4 Å². The van der Waals surface area contributed by atoms with Crippen LogP contribution in [0.25, 0.3) is 5.65 Å². The molecule has 1 aromatic carbocycles. The number of benzene rings is 1. The van der Waals surface area contributed by atoms with Gasteiger partial charge in [-0.3, -0.25) is 29.3 Å². The van der Waals surface area contributed by atoms with Crippen LogP contribution in [0.2, 0.25) is 5.02 Å². The van der Waals surface area contributed by atoms with Crippen LogP contribution in [-0.2, 0) is 14.3 Å². The molecule has 4 aromatic rings. The van der Waals surface area contributed by atoms with Crippen molar-refractivity contribution in [3.63, 3.8) is 0 Å². The topological polar surface area (TPSA) is 172 Å². The Balaban J connectivity index is 0.720. The molecule has 9 rings (SSSR count). The summed E-state index contributed by atoms with van der Waals surface area (Å²) in [6, 6.07) is 6.27. The third kappa shape index (κ3) is 8.27. The predicted molar refractivity (Wildman–Crippen MR) is 215 cm³/mol. The van der Waals surface area contributed by atoms with Gasteiger partial charge in [-0.2, -0.15) is 10.2 Å². The summed E-state index contributed by atoms with van der Waals surface area (Å²) in [5, 5.41) is 13.8. The number of alkyl halides is 2. The summed E-state index contributed by atoms with van der Waals surface area (Å²) in [5.41, 5.74) is 0.825. The number of morpholine rings is 1. The lowest BCUT2D eigenvalue weighted by atomic mass is 10.0. The van der Waals surface area contributed by atoms with Crippen LogP contribution in [-0.4, -0.2) is 135 Å². The molecule has 17 nitrogen and oxygen atoms in total. The van der Waals surface area contributed by atoms with Gasteiger partial charge >= 0.3 is 6.03 Å². The Hall–Kier alpha value is -5.24. The van der Waals surface area contributed by atoms with Gasteiger partial charge in [0.25, 0.3) is 18.2 Å². The average molecular weight is 850 g/mol. The number of rotatable bonds is 12. The fourth-order valence-corrected chi connectivity index (χ4v) is 9.12. The highest BCUT2D eigenvalue weighted by Gasteiger charge is 2.40. The van der Waals surface area contributed by atoms with E-state index >= 15 is 0 Å². The molecular formula is C40H46ClF2N11O6. The molecule has 5 saturated heterocycles. The van der Waals surface area contributed by atoms with Gasteiger partial charge in [-0.15, -0.1) is 0 Å². The maximum atomic E-state index is 14.2. The summed E-state index contributed by atoms with van der Waals surface area (Å²) < 4.78 is 43.4. The van der Waals surface area contributed by atoms with Crippen molar-refractivity contribution in [2.75, 3.05) is 74.1 Å². The van der Waals surface area contributed by atoms with Gasteiger partial charge in [0, 0.05) is 76.8 Å². The molecule has 0 unspecified atom stereocenters. The van der Waals surface area contributed by atoms with E-state index in [1.807, 2.05) is 6.07 Å².